The molecule has 0 amide bonds. The topological polar surface area (TPSA) is 86.4 Å². The van der Waals surface area contributed by atoms with Crippen molar-refractivity contribution < 1.29 is 9.47 Å². The summed E-state index contributed by atoms with van der Waals surface area (Å²) in [5.41, 5.74) is 9.14. The molecule has 0 bridgehead atoms. The largest absolute Gasteiger partial charge is 0.480 e. The number of rotatable bonds is 3. The first-order valence-electron chi connectivity index (χ1n) is 10.8. The molecule has 32 heavy (non-hydrogen) atoms. The van der Waals surface area contributed by atoms with Crippen LogP contribution in [0.1, 0.15) is 32.6 Å². The normalized spacial score (nSPS) is 12.6. The number of ether oxygens (including phenoxy) is 2. The number of hydrogen-bond donors (Lipinski definition) is 1. The molecule has 0 aliphatic carbocycles. The zero-order valence-electron chi connectivity index (χ0n) is 20.0. The van der Waals surface area contributed by atoms with E-state index in [2.05, 4.69) is 42.0 Å². The van der Waals surface area contributed by atoms with E-state index in [4.69, 9.17) is 25.2 Å². The second kappa shape index (κ2) is 14.6. The third-order valence-electron chi connectivity index (χ3n) is 4.27. The summed E-state index contributed by atoms with van der Waals surface area (Å²) in [6.07, 6.45) is 1.74. The summed E-state index contributed by atoms with van der Waals surface area (Å²) in [6.45, 7) is 14.9. The first-order chi connectivity index (χ1) is 15.6. The van der Waals surface area contributed by atoms with Gasteiger partial charge in [-0.1, -0.05) is 34.4 Å². The summed E-state index contributed by atoms with van der Waals surface area (Å²) in [5.74, 6) is 1.11. The standard InChI is InChI=1S/C17H18BrN5O2S.2C2H6.CH5P/c1-9-12(18)14-15(26-9)13(10-7-11(19)16(24-2)20-8-10)21-17(22-14)23-3-5-25-6-4-23;3*1-2/h7-8H,3-6,19H2,1-2H3;2*1-2H3;2H2,1H3. The Labute approximate surface area is 206 Å². The molecule has 4 heterocycles. The Balaban J connectivity index is 0.000000789. The molecule has 178 valence electrons. The number of aromatic nitrogens is 3. The monoisotopic (exact) mass is 543 g/mol. The number of halogens is 1. The first-order valence-corrected chi connectivity index (χ1v) is 13.5. The van der Waals surface area contributed by atoms with Crippen molar-refractivity contribution in [1.82, 2.24) is 15.0 Å². The lowest BCUT2D eigenvalue weighted by molar-refractivity contribution is 0.122. The third kappa shape index (κ3) is 6.50. The number of methoxy groups -OCH3 is 1. The van der Waals surface area contributed by atoms with Crippen molar-refractivity contribution in [3.8, 4) is 17.1 Å². The number of nitrogens with zero attached hydrogens (tertiary/aromatic N) is 4. The van der Waals surface area contributed by atoms with Gasteiger partial charge in [0.25, 0.3) is 0 Å². The second-order valence-electron chi connectivity index (χ2n) is 5.94. The highest BCUT2D eigenvalue weighted by molar-refractivity contribution is 9.10. The fraction of sp³-hybridized carbons (Fsp3) is 0.500. The molecule has 0 aromatic carbocycles. The van der Waals surface area contributed by atoms with Crippen LogP contribution in [0.3, 0.4) is 0 Å². The molecule has 1 fully saturated rings. The molecule has 2 N–H and O–H groups in total. The SMILES string of the molecule is CC.CC.COc1ncc(-c2nc(N3CCOCC3)nc3c(Br)c(C)sc23)cc1N.CP. The van der Waals surface area contributed by atoms with E-state index < -0.39 is 0 Å². The highest BCUT2D eigenvalue weighted by Gasteiger charge is 2.21. The summed E-state index contributed by atoms with van der Waals surface area (Å²) in [5, 5.41) is 0. The van der Waals surface area contributed by atoms with E-state index in [0.29, 0.717) is 30.7 Å². The second-order valence-corrected chi connectivity index (χ2v) is 7.96. The van der Waals surface area contributed by atoms with Crippen LogP contribution in [0.2, 0.25) is 0 Å². The Morgan fingerprint density at radius 2 is 1.78 bits per heavy atom. The average Bonchev–Trinajstić information content (AvgIpc) is 3.16. The van der Waals surface area contributed by atoms with Crippen LogP contribution >= 0.6 is 36.5 Å². The smallest absolute Gasteiger partial charge is 0.236 e. The maximum Gasteiger partial charge on any atom is 0.236 e. The zero-order valence-corrected chi connectivity index (χ0v) is 23.6. The Kier molecular flexibility index (Phi) is 13.0. The molecule has 4 rings (SSSR count). The van der Waals surface area contributed by atoms with Gasteiger partial charge in [-0.25, -0.2) is 15.0 Å². The van der Waals surface area contributed by atoms with Crippen LogP contribution in [0, 0.1) is 6.92 Å². The molecule has 7 nitrogen and oxygen atoms in total. The summed E-state index contributed by atoms with van der Waals surface area (Å²) in [4.78, 5) is 17.3. The maximum absolute atomic E-state index is 6.07. The number of pyridine rings is 1. The van der Waals surface area contributed by atoms with Gasteiger partial charge in [-0.15, -0.1) is 20.6 Å². The van der Waals surface area contributed by atoms with Gasteiger partial charge in [-0.3, -0.25) is 0 Å². The van der Waals surface area contributed by atoms with E-state index in [-0.39, 0.29) is 0 Å². The van der Waals surface area contributed by atoms with Crippen LogP contribution in [0.4, 0.5) is 11.6 Å². The molecule has 0 radical (unpaired) electrons. The molecule has 10 heteroatoms. The zero-order chi connectivity index (χ0) is 24.3. The first kappa shape index (κ1) is 28.5. The molecule has 0 spiro atoms. The Morgan fingerprint density at radius 3 is 2.34 bits per heavy atom. The van der Waals surface area contributed by atoms with Gasteiger partial charge in [-0.2, -0.15) is 0 Å². The van der Waals surface area contributed by atoms with E-state index in [1.807, 2.05) is 40.4 Å². The number of hydrogen-bond acceptors (Lipinski definition) is 8. The van der Waals surface area contributed by atoms with Crippen molar-refractivity contribution in [1.29, 1.82) is 0 Å². The van der Waals surface area contributed by atoms with Crippen LogP contribution in [-0.4, -0.2) is 55.0 Å². The van der Waals surface area contributed by atoms with Gasteiger partial charge in [0.1, 0.15) is 5.52 Å². The molecule has 1 atom stereocenters. The van der Waals surface area contributed by atoms with Gasteiger partial charge in [0.05, 0.1) is 40.9 Å². The number of aryl methyl sites for hydroxylation is 1. The highest BCUT2D eigenvalue weighted by Crippen LogP contribution is 2.40. The van der Waals surface area contributed by atoms with Crippen molar-refractivity contribution in [3.05, 3.63) is 21.6 Å². The number of nitrogen functional groups attached to an aromatic ring is 1. The van der Waals surface area contributed by atoms with Gasteiger partial charge >= 0.3 is 0 Å². The minimum atomic E-state index is 0.413. The molecule has 3 aromatic heterocycles. The minimum Gasteiger partial charge on any atom is -0.480 e. The third-order valence-corrected chi connectivity index (χ3v) is 6.60. The lowest BCUT2D eigenvalue weighted by atomic mass is 10.2. The summed E-state index contributed by atoms with van der Waals surface area (Å²) in [6, 6.07) is 1.85. The predicted molar refractivity (Wildman–Crippen MR) is 145 cm³/mol. The summed E-state index contributed by atoms with van der Waals surface area (Å²) >= 11 is 5.33. The lowest BCUT2D eigenvalue weighted by Crippen LogP contribution is -2.37. The molecule has 1 saturated heterocycles. The molecule has 3 aromatic rings. The molecule has 0 saturated carbocycles. The summed E-state index contributed by atoms with van der Waals surface area (Å²) in [7, 11) is 3.97. The maximum atomic E-state index is 6.07. The Hall–Kier alpha value is -1.54. The molecule has 1 aliphatic rings. The number of morpholine rings is 1. The number of anilines is 2. The average molecular weight is 545 g/mol. The van der Waals surface area contributed by atoms with Crippen molar-refractivity contribution in [3.63, 3.8) is 0 Å². The molecular formula is C22H35BrN5O2PS. The van der Waals surface area contributed by atoms with Gasteiger partial charge in [0.2, 0.25) is 11.8 Å². The van der Waals surface area contributed by atoms with E-state index in [1.54, 1.807) is 24.6 Å². The van der Waals surface area contributed by atoms with Crippen LogP contribution < -0.4 is 15.4 Å². The quantitative estimate of drug-likeness (QED) is 0.418. The lowest BCUT2D eigenvalue weighted by Gasteiger charge is -2.27. The van der Waals surface area contributed by atoms with Crippen LogP contribution in [0.25, 0.3) is 21.5 Å². The van der Waals surface area contributed by atoms with Crippen molar-refractivity contribution in [2.45, 2.75) is 34.6 Å². The highest BCUT2D eigenvalue weighted by atomic mass is 79.9. The summed E-state index contributed by atoms with van der Waals surface area (Å²) < 4.78 is 12.6. The van der Waals surface area contributed by atoms with Crippen molar-refractivity contribution in [2.75, 3.05) is 50.7 Å². The number of fused-ring (bicyclic) bond motifs is 1. The van der Waals surface area contributed by atoms with E-state index >= 15 is 0 Å². The van der Waals surface area contributed by atoms with Gasteiger partial charge in [-0.05, 0) is 28.9 Å². The molecular weight excluding hydrogens is 509 g/mol. The molecule has 1 unspecified atom stereocenters. The predicted octanol–water partition coefficient (Wildman–Crippen LogP) is 5.80. The number of nitrogens with two attached hydrogens (primary N) is 1. The van der Waals surface area contributed by atoms with Crippen LogP contribution in [0.15, 0.2) is 16.7 Å². The number of thiophene rings is 1. The van der Waals surface area contributed by atoms with Crippen LogP contribution in [0.5, 0.6) is 5.88 Å². The Bertz CT molecular complexity index is 981. The fourth-order valence-electron chi connectivity index (χ4n) is 2.92. The molecule has 1 aliphatic heterocycles. The van der Waals surface area contributed by atoms with Gasteiger partial charge in [0.15, 0.2) is 0 Å². The van der Waals surface area contributed by atoms with Crippen LogP contribution in [-0.2, 0) is 4.74 Å². The fourth-order valence-corrected chi connectivity index (χ4v) is 4.58. The van der Waals surface area contributed by atoms with Gasteiger partial charge < -0.3 is 20.1 Å². The van der Waals surface area contributed by atoms with Crippen molar-refractivity contribution >= 4 is 58.4 Å². The van der Waals surface area contributed by atoms with Gasteiger partial charge in [0, 0.05) is 29.7 Å². The van der Waals surface area contributed by atoms with E-state index in [1.165, 1.54) is 0 Å². The van der Waals surface area contributed by atoms with Crippen molar-refractivity contribution in [2.24, 2.45) is 0 Å². The van der Waals surface area contributed by atoms with E-state index in [9.17, 15) is 0 Å². The Morgan fingerprint density at radius 1 is 1.16 bits per heavy atom. The van der Waals surface area contributed by atoms with E-state index in [0.717, 1.165) is 43.9 Å². The minimum absolute atomic E-state index is 0.413.